The standard InChI is InChI=1S/C19H23Cl2N5S/c1-12-3-2-5-19(12)6-9-26(10-7-19)14-11-24-18(17(22)25-14)27-13-4-8-23-16(21)15(13)20/h4,8,11-12H,2-3,5-7,9-10H2,1H3,(H2,22,25)/t12-/m1/s1. The van der Waals surface area contributed by atoms with Crippen LogP contribution in [0.4, 0.5) is 11.6 Å². The molecule has 2 aromatic rings. The highest BCUT2D eigenvalue weighted by atomic mass is 35.5. The van der Waals surface area contributed by atoms with Crippen LogP contribution in [0.2, 0.25) is 10.2 Å². The van der Waals surface area contributed by atoms with Gasteiger partial charge in [-0.1, -0.05) is 54.7 Å². The first kappa shape index (κ1) is 19.1. The van der Waals surface area contributed by atoms with E-state index in [1.165, 1.54) is 43.9 Å². The van der Waals surface area contributed by atoms with E-state index < -0.39 is 0 Å². The van der Waals surface area contributed by atoms with Gasteiger partial charge in [-0.25, -0.2) is 15.0 Å². The lowest BCUT2D eigenvalue weighted by Gasteiger charge is -2.42. The summed E-state index contributed by atoms with van der Waals surface area (Å²) in [5, 5.41) is 1.30. The summed E-state index contributed by atoms with van der Waals surface area (Å²) in [6.07, 6.45) is 10.0. The monoisotopic (exact) mass is 423 g/mol. The number of pyridine rings is 1. The number of nitrogen functional groups attached to an aromatic ring is 1. The van der Waals surface area contributed by atoms with Gasteiger partial charge in [-0.2, -0.15) is 0 Å². The summed E-state index contributed by atoms with van der Waals surface area (Å²) in [6.45, 7) is 4.47. The lowest BCUT2D eigenvalue weighted by atomic mass is 9.71. The van der Waals surface area contributed by atoms with Crippen molar-refractivity contribution >= 4 is 46.6 Å². The number of aromatic nitrogens is 3. The quantitative estimate of drug-likeness (QED) is 0.673. The molecule has 0 aromatic carbocycles. The van der Waals surface area contributed by atoms with Crippen molar-refractivity contribution in [3.8, 4) is 0 Å². The zero-order chi connectivity index (χ0) is 19.0. The number of hydrogen-bond donors (Lipinski definition) is 1. The Morgan fingerprint density at radius 1 is 1.22 bits per heavy atom. The molecule has 0 unspecified atom stereocenters. The van der Waals surface area contributed by atoms with E-state index in [1.54, 1.807) is 12.3 Å². The third-order valence-corrected chi connectivity index (χ3v) is 8.16. The van der Waals surface area contributed by atoms with Gasteiger partial charge < -0.3 is 10.6 Å². The summed E-state index contributed by atoms with van der Waals surface area (Å²) in [7, 11) is 0. The summed E-state index contributed by atoms with van der Waals surface area (Å²) < 4.78 is 0. The second-order valence-corrected chi connectivity index (χ2v) is 9.34. The highest BCUT2D eigenvalue weighted by Crippen LogP contribution is 2.50. The molecule has 1 aliphatic heterocycles. The predicted molar refractivity (Wildman–Crippen MR) is 112 cm³/mol. The third kappa shape index (κ3) is 3.71. The molecule has 8 heteroatoms. The molecule has 144 valence electrons. The normalized spacial score (nSPS) is 21.7. The number of rotatable bonds is 3. The molecule has 1 saturated heterocycles. The molecule has 1 atom stereocenters. The van der Waals surface area contributed by atoms with Gasteiger partial charge in [0.05, 0.1) is 11.2 Å². The van der Waals surface area contributed by atoms with E-state index in [-0.39, 0.29) is 5.15 Å². The van der Waals surface area contributed by atoms with Gasteiger partial charge >= 0.3 is 0 Å². The van der Waals surface area contributed by atoms with Crippen LogP contribution in [0.5, 0.6) is 0 Å². The fourth-order valence-corrected chi connectivity index (χ4v) is 5.66. The zero-order valence-corrected chi connectivity index (χ0v) is 17.6. The van der Waals surface area contributed by atoms with Crippen molar-refractivity contribution in [1.29, 1.82) is 0 Å². The maximum absolute atomic E-state index is 6.21. The van der Waals surface area contributed by atoms with Crippen molar-refractivity contribution in [2.75, 3.05) is 23.7 Å². The van der Waals surface area contributed by atoms with Crippen molar-refractivity contribution < 1.29 is 0 Å². The molecule has 2 N–H and O–H groups in total. The summed E-state index contributed by atoms with van der Waals surface area (Å²) >= 11 is 13.5. The number of nitrogens with zero attached hydrogens (tertiary/aromatic N) is 4. The molecule has 3 heterocycles. The molecular weight excluding hydrogens is 401 g/mol. The summed E-state index contributed by atoms with van der Waals surface area (Å²) in [6, 6.07) is 1.79. The van der Waals surface area contributed by atoms with Gasteiger partial charge in [0.1, 0.15) is 16.0 Å². The van der Waals surface area contributed by atoms with Crippen LogP contribution >= 0.6 is 35.0 Å². The first-order valence-corrected chi connectivity index (χ1v) is 10.9. The van der Waals surface area contributed by atoms with Crippen LogP contribution in [0.25, 0.3) is 0 Å². The van der Waals surface area contributed by atoms with Gasteiger partial charge in [-0.15, -0.1) is 0 Å². The Bertz CT molecular complexity index is 839. The molecule has 4 rings (SSSR count). The summed E-state index contributed by atoms with van der Waals surface area (Å²) in [5.41, 5.74) is 6.73. The minimum Gasteiger partial charge on any atom is -0.381 e. The van der Waals surface area contributed by atoms with Crippen LogP contribution < -0.4 is 10.6 Å². The van der Waals surface area contributed by atoms with Gasteiger partial charge in [0.15, 0.2) is 5.82 Å². The topological polar surface area (TPSA) is 67.9 Å². The zero-order valence-electron chi connectivity index (χ0n) is 15.3. The van der Waals surface area contributed by atoms with Gasteiger partial charge in [0, 0.05) is 24.2 Å². The first-order chi connectivity index (χ1) is 13.0. The summed E-state index contributed by atoms with van der Waals surface area (Å²) in [5.74, 6) is 2.11. The molecule has 2 aliphatic rings. The van der Waals surface area contributed by atoms with E-state index in [0.29, 0.717) is 21.3 Å². The highest BCUT2D eigenvalue weighted by Gasteiger charge is 2.42. The minimum atomic E-state index is 0.271. The largest absolute Gasteiger partial charge is 0.381 e. The maximum Gasteiger partial charge on any atom is 0.158 e. The van der Waals surface area contributed by atoms with Gasteiger partial charge in [-0.05, 0) is 36.7 Å². The lowest BCUT2D eigenvalue weighted by molar-refractivity contribution is 0.161. The van der Waals surface area contributed by atoms with Crippen LogP contribution in [0.15, 0.2) is 28.4 Å². The Balaban J connectivity index is 1.47. The SMILES string of the molecule is C[C@@H]1CCCC12CCN(c1cnc(Sc3ccnc(Cl)c3Cl)c(N)n1)CC2. The van der Waals surface area contributed by atoms with Crippen LogP contribution in [-0.4, -0.2) is 28.0 Å². The highest BCUT2D eigenvalue weighted by molar-refractivity contribution is 7.99. The molecule has 1 saturated carbocycles. The van der Waals surface area contributed by atoms with Crippen LogP contribution in [0.1, 0.15) is 39.0 Å². The lowest BCUT2D eigenvalue weighted by Crippen LogP contribution is -2.41. The van der Waals surface area contributed by atoms with Crippen molar-refractivity contribution in [3.63, 3.8) is 0 Å². The van der Waals surface area contributed by atoms with Gasteiger partial charge in [0.25, 0.3) is 0 Å². The fraction of sp³-hybridized carbons (Fsp3) is 0.526. The number of anilines is 2. The van der Waals surface area contributed by atoms with Crippen molar-refractivity contribution in [2.45, 2.75) is 48.9 Å². The van der Waals surface area contributed by atoms with Crippen molar-refractivity contribution in [2.24, 2.45) is 11.3 Å². The Hall–Kier alpha value is -1.24. The van der Waals surface area contributed by atoms with E-state index in [9.17, 15) is 0 Å². The first-order valence-electron chi connectivity index (χ1n) is 9.34. The summed E-state index contributed by atoms with van der Waals surface area (Å²) in [4.78, 5) is 16.2. The Morgan fingerprint density at radius 2 is 2.00 bits per heavy atom. The molecule has 2 aromatic heterocycles. The maximum atomic E-state index is 6.21. The molecule has 0 amide bonds. The van der Waals surface area contributed by atoms with Gasteiger partial charge in [-0.3, -0.25) is 0 Å². The molecule has 0 radical (unpaired) electrons. The molecular formula is C19H23Cl2N5S. The molecule has 0 bridgehead atoms. The second kappa shape index (κ2) is 7.64. The van der Waals surface area contributed by atoms with E-state index in [0.717, 1.165) is 29.7 Å². The van der Waals surface area contributed by atoms with E-state index in [2.05, 4.69) is 26.8 Å². The molecule has 1 aliphatic carbocycles. The van der Waals surface area contributed by atoms with Crippen molar-refractivity contribution in [1.82, 2.24) is 15.0 Å². The predicted octanol–water partition coefficient (Wildman–Crippen LogP) is 5.32. The number of hydrogen-bond acceptors (Lipinski definition) is 6. The van der Waals surface area contributed by atoms with E-state index >= 15 is 0 Å². The molecule has 2 fully saturated rings. The van der Waals surface area contributed by atoms with Crippen molar-refractivity contribution in [3.05, 3.63) is 28.6 Å². The van der Waals surface area contributed by atoms with Crippen LogP contribution in [0, 0.1) is 11.3 Å². The number of piperidine rings is 1. The van der Waals surface area contributed by atoms with Gasteiger partial charge in [0.2, 0.25) is 0 Å². The number of halogens is 2. The average Bonchev–Trinajstić information content (AvgIpc) is 3.01. The average molecular weight is 424 g/mol. The van der Waals surface area contributed by atoms with Crippen LogP contribution in [-0.2, 0) is 0 Å². The molecule has 1 spiro atoms. The van der Waals surface area contributed by atoms with Crippen LogP contribution in [0.3, 0.4) is 0 Å². The number of nitrogens with two attached hydrogens (primary N) is 1. The van der Waals surface area contributed by atoms with E-state index in [4.69, 9.17) is 28.9 Å². The second-order valence-electron chi connectivity index (χ2n) is 7.58. The minimum absolute atomic E-state index is 0.271. The Kier molecular flexibility index (Phi) is 5.41. The molecule has 27 heavy (non-hydrogen) atoms. The Labute approximate surface area is 174 Å². The Morgan fingerprint density at radius 3 is 2.67 bits per heavy atom. The fourth-order valence-electron chi connectivity index (χ4n) is 4.44. The van der Waals surface area contributed by atoms with E-state index in [1.807, 2.05) is 6.20 Å². The third-order valence-electron chi connectivity index (χ3n) is 6.21. The molecule has 5 nitrogen and oxygen atoms in total. The smallest absolute Gasteiger partial charge is 0.158 e.